The lowest BCUT2D eigenvalue weighted by molar-refractivity contribution is -0.156. The Morgan fingerprint density at radius 3 is 2.55 bits per heavy atom. The van der Waals surface area contributed by atoms with Gasteiger partial charge in [0.25, 0.3) is 0 Å². The van der Waals surface area contributed by atoms with Crippen LogP contribution in [0.1, 0.15) is 85.8 Å². The molecule has 266 valence electrons. The third kappa shape index (κ3) is 7.36. The number of nitrogens with one attached hydrogen (secondary N) is 1. The Hall–Kier alpha value is -3.89. The fraction of sp³-hybridized carbons (Fsp3) is 0.658. The summed E-state index contributed by atoms with van der Waals surface area (Å²) in [4.78, 5) is 53.1. The Morgan fingerprint density at radius 2 is 1.86 bits per heavy atom. The third-order valence-electron chi connectivity index (χ3n) is 10.9. The fourth-order valence-electron chi connectivity index (χ4n) is 8.01. The number of benzene rings is 1. The normalized spacial score (nSPS) is 31.2. The third-order valence-corrected chi connectivity index (χ3v) is 10.9. The topological polar surface area (TPSA) is 129 Å². The summed E-state index contributed by atoms with van der Waals surface area (Å²) in [5.74, 6) is 1.19. The van der Waals surface area contributed by atoms with Crippen LogP contribution in [0.3, 0.4) is 0 Å². The first-order valence-corrected chi connectivity index (χ1v) is 18.0. The Labute approximate surface area is 289 Å². The van der Waals surface area contributed by atoms with Crippen molar-refractivity contribution in [1.82, 2.24) is 20.2 Å². The highest BCUT2D eigenvalue weighted by atomic mass is 16.6. The molecular weight excluding hydrogens is 624 g/mol. The summed E-state index contributed by atoms with van der Waals surface area (Å²) >= 11 is 0. The van der Waals surface area contributed by atoms with Gasteiger partial charge < -0.3 is 29.2 Å². The SMILES string of the molecule is COc1ccc2nc3c(nc2c1)O[C@H]1CN(C(=O)[C@H](C(C)(C)C)NC(=O)O[C@@H]2C[C@@H]4CC[C@@H]4[C@H]2CCC/C=C/3)[C@H](C(=O)OCC(C)C)[C@@H]1C. The Balaban J connectivity index is 1.39. The molecule has 11 nitrogen and oxygen atoms in total. The second-order valence-corrected chi connectivity index (χ2v) is 15.9. The van der Waals surface area contributed by atoms with Gasteiger partial charge in [-0.05, 0) is 85.8 Å². The summed E-state index contributed by atoms with van der Waals surface area (Å²) in [5, 5.41) is 2.94. The molecule has 8 atom stereocenters. The van der Waals surface area contributed by atoms with E-state index in [0.29, 0.717) is 40.2 Å². The van der Waals surface area contributed by atoms with Gasteiger partial charge in [-0.1, -0.05) is 47.6 Å². The monoisotopic (exact) mass is 676 g/mol. The number of fused-ring (bicyclic) bond motifs is 7. The summed E-state index contributed by atoms with van der Waals surface area (Å²) in [6.07, 6.45) is 8.58. The van der Waals surface area contributed by atoms with Gasteiger partial charge in [-0.25, -0.2) is 19.6 Å². The first-order valence-electron chi connectivity index (χ1n) is 18.0. The minimum absolute atomic E-state index is 0.0970. The molecule has 3 fully saturated rings. The summed E-state index contributed by atoms with van der Waals surface area (Å²) in [6, 6.07) is 3.65. The van der Waals surface area contributed by atoms with Crippen molar-refractivity contribution in [3.8, 4) is 11.6 Å². The predicted octanol–water partition coefficient (Wildman–Crippen LogP) is 6.18. The number of aromatic nitrogens is 2. The van der Waals surface area contributed by atoms with Crippen molar-refractivity contribution in [2.24, 2.45) is 35.0 Å². The molecule has 1 aromatic carbocycles. The van der Waals surface area contributed by atoms with E-state index in [0.717, 1.165) is 32.1 Å². The van der Waals surface area contributed by atoms with Crippen LogP contribution >= 0.6 is 0 Å². The van der Waals surface area contributed by atoms with Gasteiger partial charge in [-0.15, -0.1) is 0 Å². The van der Waals surface area contributed by atoms with Crippen LogP contribution in [-0.2, 0) is 19.1 Å². The number of methoxy groups -OCH3 is 1. The molecule has 1 saturated heterocycles. The van der Waals surface area contributed by atoms with E-state index in [1.807, 2.05) is 65.8 Å². The van der Waals surface area contributed by atoms with Crippen LogP contribution < -0.4 is 14.8 Å². The highest BCUT2D eigenvalue weighted by molar-refractivity contribution is 5.91. The number of allylic oxidation sites excluding steroid dienone is 1. The quantitative estimate of drug-likeness (QED) is 0.377. The number of ether oxygens (including phenoxy) is 4. The first-order chi connectivity index (χ1) is 23.3. The van der Waals surface area contributed by atoms with Crippen molar-refractivity contribution < 1.29 is 33.3 Å². The molecule has 3 heterocycles. The molecule has 0 radical (unpaired) electrons. The van der Waals surface area contributed by atoms with Gasteiger partial charge in [0, 0.05) is 12.0 Å². The number of hydrogen-bond acceptors (Lipinski definition) is 9. The molecule has 0 spiro atoms. The van der Waals surface area contributed by atoms with Gasteiger partial charge >= 0.3 is 12.1 Å². The van der Waals surface area contributed by atoms with Gasteiger partial charge in [0.15, 0.2) is 0 Å². The first kappa shape index (κ1) is 35.0. The van der Waals surface area contributed by atoms with Gasteiger partial charge in [0.1, 0.15) is 35.7 Å². The molecular formula is C38H52N4O7. The molecule has 11 heteroatoms. The molecule has 1 N–H and O–H groups in total. The van der Waals surface area contributed by atoms with Crippen LogP contribution in [0, 0.1) is 35.0 Å². The largest absolute Gasteiger partial charge is 0.497 e. The maximum atomic E-state index is 14.6. The molecule has 6 rings (SSSR count). The van der Waals surface area contributed by atoms with Crippen molar-refractivity contribution in [3.63, 3.8) is 0 Å². The average Bonchev–Trinajstić information content (AvgIpc) is 3.48. The lowest BCUT2D eigenvalue weighted by atomic mass is 9.71. The molecule has 2 aliphatic carbocycles. The van der Waals surface area contributed by atoms with Crippen LogP contribution in [0.5, 0.6) is 11.6 Å². The van der Waals surface area contributed by atoms with Crippen molar-refractivity contribution in [1.29, 1.82) is 0 Å². The number of nitrogens with zero attached hydrogens (tertiary/aromatic N) is 3. The second-order valence-electron chi connectivity index (χ2n) is 15.9. The van der Waals surface area contributed by atoms with E-state index in [4.69, 9.17) is 28.9 Å². The van der Waals surface area contributed by atoms with E-state index < -0.39 is 41.6 Å². The molecule has 2 aliphatic heterocycles. The van der Waals surface area contributed by atoms with Crippen molar-refractivity contribution in [2.45, 2.75) is 104 Å². The number of alkyl carbamates (subject to hydrolysis) is 1. The highest BCUT2D eigenvalue weighted by Gasteiger charge is 2.52. The number of carbonyl (C=O) groups is 3. The average molecular weight is 677 g/mol. The Bertz CT molecular complexity index is 1590. The molecule has 1 aromatic heterocycles. The minimum atomic E-state index is -0.951. The van der Waals surface area contributed by atoms with Gasteiger partial charge in [-0.2, -0.15) is 0 Å². The summed E-state index contributed by atoms with van der Waals surface area (Å²) in [5.41, 5.74) is 1.21. The highest BCUT2D eigenvalue weighted by Crippen LogP contribution is 2.53. The maximum absolute atomic E-state index is 14.6. The zero-order valence-corrected chi connectivity index (χ0v) is 29.9. The standard InChI is InChI=1S/C38H52N4O7/c1-21(2)20-47-36(44)32-22(3)31-19-42(32)35(43)33(38(4,5)6)41-37(45)49-30-17-23-13-15-25(23)26(30)11-9-8-10-12-28-34(48-31)40-29-18-24(46-7)14-16-27(29)39-28/h10,12,14,16,18,21-23,25-26,30-33H,8-9,11,13,15,17,19-20H2,1-7H3,(H,41,45)/b12-10+/t22-,23+,25+,26-,30-,31+,32+,33-/m1/s1. The van der Waals surface area contributed by atoms with Crippen molar-refractivity contribution in [2.75, 3.05) is 20.3 Å². The summed E-state index contributed by atoms with van der Waals surface area (Å²) in [7, 11) is 1.60. The molecule has 4 aliphatic rings. The number of rotatable bonds is 4. The molecule has 2 aromatic rings. The van der Waals surface area contributed by atoms with Gasteiger partial charge in [-0.3, -0.25) is 4.79 Å². The van der Waals surface area contributed by atoms with E-state index in [-0.39, 0.29) is 37.0 Å². The van der Waals surface area contributed by atoms with Crippen LogP contribution in [0.2, 0.25) is 0 Å². The fourth-order valence-corrected chi connectivity index (χ4v) is 8.01. The number of hydrogen-bond donors (Lipinski definition) is 1. The molecule has 49 heavy (non-hydrogen) atoms. The summed E-state index contributed by atoms with van der Waals surface area (Å²) < 4.78 is 23.9. The zero-order valence-electron chi connectivity index (χ0n) is 29.9. The lowest BCUT2D eigenvalue weighted by Crippen LogP contribution is -2.57. The predicted molar refractivity (Wildman–Crippen MR) is 185 cm³/mol. The maximum Gasteiger partial charge on any atom is 0.408 e. The van der Waals surface area contributed by atoms with E-state index in [1.54, 1.807) is 7.11 Å². The second kappa shape index (κ2) is 14.2. The van der Waals surface area contributed by atoms with Crippen LogP contribution in [0.25, 0.3) is 17.1 Å². The number of esters is 1. The van der Waals surface area contributed by atoms with Gasteiger partial charge in [0.2, 0.25) is 11.8 Å². The van der Waals surface area contributed by atoms with Crippen LogP contribution in [0.4, 0.5) is 4.79 Å². The van der Waals surface area contributed by atoms with E-state index >= 15 is 0 Å². The molecule has 2 bridgehead atoms. The Morgan fingerprint density at radius 1 is 1.06 bits per heavy atom. The van der Waals surface area contributed by atoms with Crippen LogP contribution in [-0.4, -0.2) is 77.4 Å². The molecule has 0 unspecified atom stereocenters. The van der Waals surface area contributed by atoms with Crippen molar-refractivity contribution >= 4 is 35.1 Å². The zero-order chi connectivity index (χ0) is 35.0. The minimum Gasteiger partial charge on any atom is -0.497 e. The number of carbonyl (C=O) groups excluding carboxylic acids is 3. The summed E-state index contributed by atoms with van der Waals surface area (Å²) in [6.45, 7) is 11.8. The van der Waals surface area contributed by atoms with Gasteiger partial charge in [0.05, 0.1) is 31.3 Å². The van der Waals surface area contributed by atoms with E-state index in [9.17, 15) is 14.4 Å². The molecule has 2 amide bonds. The molecule has 2 saturated carbocycles. The lowest BCUT2D eigenvalue weighted by Gasteiger charge is -2.36. The Kier molecular flexibility index (Phi) is 10.1. The van der Waals surface area contributed by atoms with E-state index in [2.05, 4.69) is 11.4 Å². The van der Waals surface area contributed by atoms with Crippen LogP contribution in [0.15, 0.2) is 24.3 Å². The smallest absolute Gasteiger partial charge is 0.408 e. The van der Waals surface area contributed by atoms with E-state index in [1.165, 1.54) is 11.3 Å². The number of amides is 2. The van der Waals surface area contributed by atoms with Crippen molar-refractivity contribution in [3.05, 3.63) is 30.0 Å².